The highest BCUT2D eigenvalue weighted by molar-refractivity contribution is 6.30. The molecule has 1 heterocycles. The zero-order chi connectivity index (χ0) is 17.3. The Labute approximate surface area is 146 Å². The lowest BCUT2D eigenvalue weighted by atomic mass is 9.77. The summed E-state index contributed by atoms with van der Waals surface area (Å²) in [4.78, 5) is 26.0. The first-order valence-electron chi connectivity index (χ1n) is 8.25. The van der Waals surface area contributed by atoms with Crippen LogP contribution in [0.3, 0.4) is 0 Å². The van der Waals surface area contributed by atoms with E-state index in [0.717, 1.165) is 24.8 Å². The van der Waals surface area contributed by atoms with E-state index < -0.39 is 11.9 Å². The summed E-state index contributed by atoms with van der Waals surface area (Å²) in [6.45, 7) is 0.679. The first kappa shape index (κ1) is 17.2. The van der Waals surface area contributed by atoms with Crippen molar-refractivity contribution in [3.05, 3.63) is 34.9 Å². The predicted molar refractivity (Wildman–Crippen MR) is 90.1 cm³/mol. The Morgan fingerprint density at radius 3 is 2.46 bits per heavy atom. The number of aliphatic carboxylic acids is 1. The molecule has 1 saturated heterocycles. The number of rotatable bonds is 5. The summed E-state index contributed by atoms with van der Waals surface area (Å²) in [7, 11) is 1.65. The summed E-state index contributed by atoms with van der Waals surface area (Å²) < 4.78 is 5.52. The second-order valence-corrected chi connectivity index (χ2v) is 7.26. The van der Waals surface area contributed by atoms with Crippen LogP contribution in [0.2, 0.25) is 5.02 Å². The number of ether oxygens (including phenoxy) is 1. The van der Waals surface area contributed by atoms with Gasteiger partial charge in [0.2, 0.25) is 5.91 Å². The van der Waals surface area contributed by atoms with Crippen LogP contribution in [0.25, 0.3) is 0 Å². The van der Waals surface area contributed by atoms with Crippen LogP contribution in [0.4, 0.5) is 0 Å². The minimum atomic E-state index is -0.865. The molecule has 2 atom stereocenters. The van der Waals surface area contributed by atoms with Gasteiger partial charge in [0.25, 0.3) is 0 Å². The molecule has 130 valence electrons. The molecule has 0 spiro atoms. The Morgan fingerprint density at radius 1 is 1.29 bits per heavy atom. The number of amides is 1. The molecule has 1 aromatic carbocycles. The summed E-state index contributed by atoms with van der Waals surface area (Å²) in [6.07, 6.45) is 3.20. The molecule has 1 N–H and O–H groups in total. The number of carboxylic acids is 1. The number of hydrogen-bond acceptors (Lipinski definition) is 3. The molecular weight excluding hydrogens is 330 g/mol. The number of hydrogen-bond donors (Lipinski definition) is 1. The smallest absolute Gasteiger partial charge is 0.308 e. The van der Waals surface area contributed by atoms with Crippen LogP contribution >= 0.6 is 11.6 Å². The lowest BCUT2D eigenvalue weighted by Gasteiger charge is -2.40. The molecule has 0 bridgehead atoms. The van der Waals surface area contributed by atoms with Crippen LogP contribution in [0, 0.1) is 5.92 Å². The van der Waals surface area contributed by atoms with Crippen molar-refractivity contribution in [2.45, 2.75) is 37.2 Å². The third-order valence-corrected chi connectivity index (χ3v) is 5.71. The third kappa shape index (κ3) is 3.28. The summed E-state index contributed by atoms with van der Waals surface area (Å²) >= 11 is 5.91. The third-order valence-electron chi connectivity index (χ3n) is 5.46. The fraction of sp³-hybridized carbons (Fsp3) is 0.556. The van der Waals surface area contributed by atoms with Crippen LogP contribution in [0.15, 0.2) is 24.3 Å². The molecule has 0 unspecified atom stereocenters. The Balaban J connectivity index is 1.73. The highest BCUT2D eigenvalue weighted by Crippen LogP contribution is 2.40. The Morgan fingerprint density at radius 2 is 1.96 bits per heavy atom. The number of carbonyl (C=O) groups is 2. The first-order chi connectivity index (χ1) is 11.4. The summed E-state index contributed by atoms with van der Waals surface area (Å²) in [5, 5.41) is 10.2. The monoisotopic (exact) mass is 351 g/mol. The van der Waals surface area contributed by atoms with Gasteiger partial charge in [0, 0.05) is 31.1 Å². The first-order valence-corrected chi connectivity index (χ1v) is 8.63. The van der Waals surface area contributed by atoms with Crippen molar-refractivity contribution in [1.82, 2.24) is 4.90 Å². The van der Waals surface area contributed by atoms with Gasteiger partial charge in [-0.3, -0.25) is 9.59 Å². The molecule has 0 aromatic heterocycles. The molecule has 6 heteroatoms. The highest BCUT2D eigenvalue weighted by Gasteiger charge is 2.44. The van der Waals surface area contributed by atoms with Crippen LogP contribution < -0.4 is 0 Å². The molecule has 5 nitrogen and oxygen atoms in total. The van der Waals surface area contributed by atoms with E-state index >= 15 is 0 Å². The largest absolute Gasteiger partial charge is 0.481 e. The van der Waals surface area contributed by atoms with Crippen molar-refractivity contribution in [2.75, 3.05) is 20.2 Å². The van der Waals surface area contributed by atoms with Gasteiger partial charge in [-0.05, 0) is 37.0 Å². The number of halogens is 1. The molecule has 2 fully saturated rings. The van der Waals surface area contributed by atoms with E-state index in [0.29, 0.717) is 18.0 Å². The molecule has 0 radical (unpaired) electrons. The van der Waals surface area contributed by atoms with Crippen molar-refractivity contribution in [3.8, 4) is 0 Å². The zero-order valence-corrected chi connectivity index (χ0v) is 14.5. The van der Waals surface area contributed by atoms with Gasteiger partial charge in [0.1, 0.15) is 0 Å². The summed E-state index contributed by atoms with van der Waals surface area (Å²) in [5.41, 5.74) is 0.570. The van der Waals surface area contributed by atoms with Gasteiger partial charge in [-0.25, -0.2) is 0 Å². The molecule has 1 aromatic rings. The van der Waals surface area contributed by atoms with Crippen molar-refractivity contribution in [1.29, 1.82) is 0 Å². The van der Waals surface area contributed by atoms with E-state index in [1.165, 1.54) is 0 Å². The molecular formula is C18H22ClNO4. The van der Waals surface area contributed by atoms with E-state index in [2.05, 4.69) is 0 Å². The maximum atomic E-state index is 12.6. The predicted octanol–water partition coefficient (Wildman–Crippen LogP) is 2.93. The normalized spacial score (nSPS) is 25.3. The number of nitrogens with zero attached hydrogens (tertiary/aromatic N) is 1. The lowest BCUT2D eigenvalue weighted by molar-refractivity contribution is -0.144. The van der Waals surface area contributed by atoms with Gasteiger partial charge in [-0.2, -0.15) is 0 Å². The number of likely N-dealkylation sites (tertiary alicyclic amines) is 1. The fourth-order valence-corrected chi connectivity index (χ4v) is 3.84. The molecule has 1 amide bonds. The summed E-state index contributed by atoms with van der Waals surface area (Å²) in [6, 6.07) is 7.21. The van der Waals surface area contributed by atoms with Gasteiger partial charge in [-0.1, -0.05) is 23.7 Å². The minimum Gasteiger partial charge on any atom is -0.481 e. The van der Waals surface area contributed by atoms with Gasteiger partial charge in [-0.15, -0.1) is 0 Å². The molecule has 1 aliphatic heterocycles. The highest BCUT2D eigenvalue weighted by atomic mass is 35.5. The Hall–Kier alpha value is -1.59. The van der Waals surface area contributed by atoms with Crippen molar-refractivity contribution in [3.63, 3.8) is 0 Å². The van der Waals surface area contributed by atoms with Gasteiger partial charge >= 0.3 is 5.97 Å². The van der Waals surface area contributed by atoms with E-state index in [1.807, 2.05) is 12.1 Å². The maximum Gasteiger partial charge on any atom is 0.308 e. The Bertz CT molecular complexity index is 621. The minimum absolute atomic E-state index is 0.0146. The topological polar surface area (TPSA) is 66.8 Å². The number of methoxy groups -OCH3 is 1. The second kappa shape index (κ2) is 6.73. The average molecular weight is 352 g/mol. The molecule has 24 heavy (non-hydrogen) atoms. The van der Waals surface area contributed by atoms with E-state index in [9.17, 15) is 14.7 Å². The van der Waals surface area contributed by atoms with Crippen LogP contribution in [-0.4, -0.2) is 47.7 Å². The van der Waals surface area contributed by atoms with E-state index in [-0.39, 0.29) is 24.0 Å². The van der Waals surface area contributed by atoms with E-state index in [1.54, 1.807) is 24.1 Å². The lowest BCUT2D eigenvalue weighted by Crippen LogP contribution is -2.44. The fourth-order valence-electron chi connectivity index (χ4n) is 3.72. The van der Waals surface area contributed by atoms with Crippen molar-refractivity contribution in [2.24, 2.45) is 5.92 Å². The SMILES string of the molecule is COC1(CC(=O)N2C[C@@H](C(=O)O)[C@H](c3ccc(Cl)cc3)C2)CCC1. The molecule has 1 aliphatic carbocycles. The Kier molecular flexibility index (Phi) is 4.83. The molecule has 1 saturated carbocycles. The van der Waals surface area contributed by atoms with Crippen LogP contribution in [-0.2, 0) is 14.3 Å². The maximum absolute atomic E-state index is 12.6. The van der Waals surface area contributed by atoms with E-state index in [4.69, 9.17) is 16.3 Å². The standard InChI is InChI=1S/C18H22ClNO4/c1-24-18(7-2-8-18)9-16(21)20-10-14(15(11-20)17(22)23)12-3-5-13(19)6-4-12/h3-6,14-15H,2,7-11H2,1H3,(H,22,23)/t14-,15+/m0/s1. The number of benzene rings is 1. The second-order valence-electron chi connectivity index (χ2n) is 6.82. The quantitative estimate of drug-likeness (QED) is 0.885. The van der Waals surface area contributed by atoms with Crippen LogP contribution in [0.1, 0.15) is 37.2 Å². The van der Waals surface area contributed by atoms with Crippen LogP contribution in [0.5, 0.6) is 0 Å². The van der Waals surface area contributed by atoms with Crippen molar-refractivity contribution >= 4 is 23.5 Å². The number of carbonyl (C=O) groups excluding carboxylic acids is 1. The van der Waals surface area contributed by atoms with Gasteiger partial charge in [0.15, 0.2) is 0 Å². The average Bonchev–Trinajstić information content (AvgIpc) is 2.97. The summed E-state index contributed by atoms with van der Waals surface area (Å²) in [5.74, 6) is -1.67. The number of carboxylic acid groups (broad SMARTS) is 1. The van der Waals surface area contributed by atoms with Gasteiger partial charge < -0.3 is 14.7 Å². The molecule has 3 rings (SSSR count). The van der Waals surface area contributed by atoms with Gasteiger partial charge in [0.05, 0.1) is 17.9 Å². The zero-order valence-electron chi connectivity index (χ0n) is 13.7. The molecule has 2 aliphatic rings. The van der Waals surface area contributed by atoms with Crippen molar-refractivity contribution < 1.29 is 19.4 Å².